The summed E-state index contributed by atoms with van der Waals surface area (Å²) in [5, 5.41) is 0. The van der Waals surface area contributed by atoms with Crippen LogP contribution in [0.4, 0.5) is 0 Å². The highest BCUT2D eigenvalue weighted by Gasteiger charge is 2.13. The number of benzene rings is 2. The Morgan fingerprint density at radius 1 is 1.14 bits per heavy atom. The summed E-state index contributed by atoms with van der Waals surface area (Å²) in [7, 11) is -3.47. The zero-order chi connectivity index (χ0) is 15.6. The molecule has 0 aliphatic rings. The van der Waals surface area contributed by atoms with E-state index < -0.39 is 10.0 Å². The second kappa shape index (κ2) is 5.90. The molecule has 0 fully saturated rings. The van der Waals surface area contributed by atoms with E-state index in [1.807, 2.05) is 41.8 Å². The van der Waals surface area contributed by atoms with Crippen molar-refractivity contribution in [1.82, 2.24) is 14.3 Å². The lowest BCUT2D eigenvalue weighted by Crippen LogP contribution is -2.27. The molecule has 0 saturated heterocycles. The van der Waals surface area contributed by atoms with Gasteiger partial charge in [0.25, 0.3) is 0 Å². The second-order valence-corrected chi connectivity index (χ2v) is 6.91. The van der Waals surface area contributed by atoms with Crippen LogP contribution in [-0.2, 0) is 16.6 Å². The van der Waals surface area contributed by atoms with Crippen LogP contribution >= 0.6 is 0 Å². The minimum Gasteiger partial charge on any atom is -0.329 e. The third-order valence-corrected chi connectivity index (χ3v) is 4.93. The number of imidazole rings is 1. The van der Waals surface area contributed by atoms with Crippen LogP contribution in [0.3, 0.4) is 0 Å². The summed E-state index contributed by atoms with van der Waals surface area (Å²) in [6, 6.07) is 14.7. The number of aryl methyl sites for hydroxylation is 1. The Kier molecular flexibility index (Phi) is 3.96. The Bertz CT molecular complexity index is 900. The number of nitrogens with zero attached hydrogens (tertiary/aromatic N) is 2. The van der Waals surface area contributed by atoms with E-state index in [1.54, 1.807) is 24.5 Å². The molecular weight excluding hydrogens is 298 g/mol. The Hall–Kier alpha value is -2.18. The highest BCUT2D eigenvalue weighted by atomic mass is 32.2. The molecule has 0 radical (unpaired) electrons. The molecule has 3 aromatic rings. The van der Waals surface area contributed by atoms with Crippen LogP contribution < -0.4 is 4.72 Å². The van der Waals surface area contributed by atoms with Gasteiger partial charge in [0.1, 0.15) is 0 Å². The summed E-state index contributed by atoms with van der Waals surface area (Å²) in [5.74, 6) is 0. The van der Waals surface area contributed by atoms with E-state index >= 15 is 0 Å². The van der Waals surface area contributed by atoms with Crippen LogP contribution in [0.5, 0.6) is 0 Å². The number of fused-ring (bicyclic) bond motifs is 1. The van der Waals surface area contributed by atoms with Gasteiger partial charge in [-0.15, -0.1) is 0 Å². The third kappa shape index (κ3) is 3.03. The van der Waals surface area contributed by atoms with E-state index in [0.29, 0.717) is 18.0 Å². The first-order valence-electron chi connectivity index (χ1n) is 7.02. The fraction of sp³-hybridized carbons (Fsp3) is 0.188. The van der Waals surface area contributed by atoms with Gasteiger partial charge in [-0.25, -0.2) is 18.1 Å². The van der Waals surface area contributed by atoms with Crippen molar-refractivity contribution in [2.24, 2.45) is 0 Å². The summed E-state index contributed by atoms with van der Waals surface area (Å²) in [6.45, 7) is 2.72. The minimum atomic E-state index is -3.47. The van der Waals surface area contributed by atoms with Crippen molar-refractivity contribution < 1.29 is 8.42 Å². The van der Waals surface area contributed by atoms with Gasteiger partial charge in [-0.05, 0) is 36.8 Å². The quantitative estimate of drug-likeness (QED) is 0.786. The minimum absolute atomic E-state index is 0.294. The first kappa shape index (κ1) is 14.7. The molecule has 1 aromatic heterocycles. The Morgan fingerprint density at radius 3 is 2.77 bits per heavy atom. The number of nitrogens with one attached hydrogen (secondary N) is 1. The molecule has 1 heterocycles. The van der Waals surface area contributed by atoms with Crippen LogP contribution in [0.1, 0.15) is 5.56 Å². The molecule has 2 aromatic carbocycles. The first-order valence-corrected chi connectivity index (χ1v) is 8.51. The van der Waals surface area contributed by atoms with Gasteiger partial charge < -0.3 is 4.57 Å². The van der Waals surface area contributed by atoms with Crippen molar-refractivity contribution in [1.29, 1.82) is 0 Å². The molecule has 22 heavy (non-hydrogen) atoms. The lowest BCUT2D eigenvalue weighted by Gasteiger charge is -2.08. The number of para-hydroxylation sites is 2. The van der Waals surface area contributed by atoms with E-state index in [4.69, 9.17) is 0 Å². The zero-order valence-corrected chi connectivity index (χ0v) is 13.0. The van der Waals surface area contributed by atoms with Gasteiger partial charge in [0.2, 0.25) is 10.0 Å². The van der Waals surface area contributed by atoms with E-state index in [-0.39, 0.29) is 0 Å². The van der Waals surface area contributed by atoms with E-state index in [1.165, 1.54) is 0 Å². The number of hydrogen-bond acceptors (Lipinski definition) is 3. The maximum Gasteiger partial charge on any atom is 0.240 e. The summed E-state index contributed by atoms with van der Waals surface area (Å²) in [5.41, 5.74) is 2.82. The van der Waals surface area contributed by atoms with Gasteiger partial charge in [0.05, 0.1) is 22.3 Å². The predicted octanol–water partition coefficient (Wildman–Crippen LogP) is 2.32. The van der Waals surface area contributed by atoms with Crippen molar-refractivity contribution in [2.75, 3.05) is 6.54 Å². The predicted molar refractivity (Wildman–Crippen MR) is 86.1 cm³/mol. The van der Waals surface area contributed by atoms with Crippen molar-refractivity contribution in [3.05, 3.63) is 60.4 Å². The highest BCUT2D eigenvalue weighted by Crippen LogP contribution is 2.12. The highest BCUT2D eigenvalue weighted by molar-refractivity contribution is 7.89. The normalized spacial score (nSPS) is 11.9. The zero-order valence-electron chi connectivity index (χ0n) is 12.2. The molecular formula is C16H17N3O2S. The third-order valence-electron chi connectivity index (χ3n) is 3.47. The summed E-state index contributed by atoms with van der Waals surface area (Å²) in [6.07, 6.45) is 1.73. The molecule has 0 aliphatic heterocycles. The smallest absolute Gasteiger partial charge is 0.240 e. The number of rotatable bonds is 5. The molecule has 0 saturated carbocycles. The molecule has 3 rings (SSSR count). The van der Waals surface area contributed by atoms with Crippen molar-refractivity contribution >= 4 is 21.1 Å². The summed E-state index contributed by atoms with van der Waals surface area (Å²) in [4.78, 5) is 4.58. The van der Waals surface area contributed by atoms with Crippen LogP contribution in [0.15, 0.2) is 59.8 Å². The van der Waals surface area contributed by atoms with E-state index in [2.05, 4.69) is 9.71 Å². The van der Waals surface area contributed by atoms with Gasteiger partial charge in [-0.3, -0.25) is 0 Å². The SMILES string of the molecule is Cc1cccc(S(=O)(=O)NCCn2cnc3ccccc32)c1. The standard InChI is InChI=1S/C16H17N3O2S/c1-13-5-4-6-14(11-13)22(20,21)18-9-10-19-12-17-15-7-2-3-8-16(15)19/h2-8,11-12,18H,9-10H2,1H3. The number of hydrogen-bond donors (Lipinski definition) is 1. The topological polar surface area (TPSA) is 64.0 Å². The Balaban J connectivity index is 1.70. The maximum absolute atomic E-state index is 12.2. The molecule has 0 spiro atoms. The lowest BCUT2D eigenvalue weighted by atomic mass is 10.2. The van der Waals surface area contributed by atoms with Gasteiger partial charge in [0.15, 0.2) is 0 Å². The van der Waals surface area contributed by atoms with Gasteiger partial charge in [0, 0.05) is 13.1 Å². The fourth-order valence-electron chi connectivity index (χ4n) is 2.35. The van der Waals surface area contributed by atoms with Gasteiger partial charge >= 0.3 is 0 Å². The molecule has 6 heteroatoms. The van der Waals surface area contributed by atoms with Crippen LogP contribution in [0.2, 0.25) is 0 Å². The average molecular weight is 315 g/mol. The van der Waals surface area contributed by atoms with Crippen LogP contribution in [0, 0.1) is 6.92 Å². The molecule has 1 N–H and O–H groups in total. The fourth-order valence-corrected chi connectivity index (χ4v) is 3.48. The van der Waals surface area contributed by atoms with Crippen molar-refractivity contribution in [2.45, 2.75) is 18.4 Å². The van der Waals surface area contributed by atoms with Crippen molar-refractivity contribution in [3.63, 3.8) is 0 Å². The maximum atomic E-state index is 12.2. The van der Waals surface area contributed by atoms with Gasteiger partial charge in [-0.2, -0.15) is 0 Å². The largest absolute Gasteiger partial charge is 0.329 e. The Labute approximate surface area is 129 Å². The molecule has 0 bridgehead atoms. The van der Waals surface area contributed by atoms with Crippen LogP contribution in [0.25, 0.3) is 11.0 Å². The van der Waals surface area contributed by atoms with Crippen LogP contribution in [-0.4, -0.2) is 24.5 Å². The molecule has 0 atom stereocenters. The molecule has 0 amide bonds. The Morgan fingerprint density at radius 2 is 1.95 bits per heavy atom. The van der Waals surface area contributed by atoms with Gasteiger partial charge in [-0.1, -0.05) is 24.3 Å². The van der Waals surface area contributed by atoms with E-state index in [9.17, 15) is 8.42 Å². The number of aromatic nitrogens is 2. The summed E-state index contributed by atoms with van der Waals surface area (Å²) >= 11 is 0. The molecule has 0 aliphatic carbocycles. The lowest BCUT2D eigenvalue weighted by molar-refractivity contribution is 0.574. The molecule has 114 valence electrons. The first-order chi connectivity index (χ1) is 10.6. The molecule has 5 nitrogen and oxygen atoms in total. The number of sulfonamides is 1. The average Bonchev–Trinajstić information content (AvgIpc) is 2.91. The molecule has 0 unspecified atom stereocenters. The second-order valence-electron chi connectivity index (χ2n) is 5.14. The van der Waals surface area contributed by atoms with Crippen molar-refractivity contribution in [3.8, 4) is 0 Å². The monoisotopic (exact) mass is 315 g/mol. The van der Waals surface area contributed by atoms with E-state index in [0.717, 1.165) is 16.6 Å². The summed E-state index contributed by atoms with van der Waals surface area (Å²) < 4.78 is 29.0.